The Morgan fingerprint density at radius 2 is 1.67 bits per heavy atom. The van der Waals surface area contributed by atoms with Crippen molar-refractivity contribution in [2.45, 2.75) is 38.6 Å². The Morgan fingerprint density at radius 3 is 2.45 bits per heavy atom. The molecule has 1 heterocycles. The van der Waals surface area contributed by atoms with Gasteiger partial charge in [0, 0.05) is 36.0 Å². The fourth-order valence-electron chi connectivity index (χ4n) is 4.81. The largest absolute Gasteiger partial charge is 0.493 e. The first-order valence-corrected chi connectivity index (χ1v) is 15.3. The Labute approximate surface area is 252 Å². The Kier molecular flexibility index (Phi) is 10.4. The minimum atomic E-state index is -0.781. The molecule has 0 bridgehead atoms. The van der Waals surface area contributed by atoms with Gasteiger partial charge < -0.3 is 14.7 Å². The zero-order chi connectivity index (χ0) is 29.0. The quantitative estimate of drug-likeness (QED) is 0.164. The molecule has 6 heteroatoms. The van der Waals surface area contributed by atoms with Crippen molar-refractivity contribution in [1.82, 2.24) is 4.98 Å². The highest BCUT2D eigenvalue weighted by atomic mass is 32.1. The van der Waals surface area contributed by atoms with Gasteiger partial charge in [-0.05, 0) is 60.2 Å². The molecule has 0 atom stereocenters. The van der Waals surface area contributed by atoms with Crippen LogP contribution in [0.4, 0.5) is 5.69 Å². The summed E-state index contributed by atoms with van der Waals surface area (Å²) in [7, 11) is 0. The maximum Gasteiger partial charge on any atom is 0.303 e. The van der Waals surface area contributed by atoms with Crippen LogP contribution in [0.2, 0.25) is 0 Å². The monoisotopic (exact) mass is 576 g/mol. The number of aromatic nitrogens is 1. The number of allylic oxidation sites excluding steroid dienone is 5. The summed E-state index contributed by atoms with van der Waals surface area (Å²) in [6.45, 7) is 2.23. The highest BCUT2D eigenvalue weighted by molar-refractivity contribution is 7.10. The fraction of sp³-hybridized carbons (Fsp3) is 0.222. The third-order valence-corrected chi connectivity index (χ3v) is 8.01. The summed E-state index contributed by atoms with van der Waals surface area (Å²) in [5.74, 6) is 0.0170. The molecule has 0 saturated carbocycles. The van der Waals surface area contributed by atoms with Gasteiger partial charge in [-0.3, -0.25) is 4.79 Å². The van der Waals surface area contributed by atoms with Crippen LogP contribution < -0.4 is 9.64 Å². The molecule has 0 amide bonds. The standard InChI is InChI=1S/C36H36N2O3S/c39-36(40)21-16-29-14-19-33(20-15-29)41-25-23-30-12-17-32(18-13-30)38(24-22-28-8-4-1-2-5-9-28)26-35-37-34(27-42-35)31-10-6-3-7-11-31/h1,3-15,17-20,27H,2,16,21-26H2,(H,39,40). The van der Waals surface area contributed by atoms with Crippen molar-refractivity contribution >= 4 is 23.0 Å². The van der Waals surface area contributed by atoms with Gasteiger partial charge in [0.2, 0.25) is 0 Å². The van der Waals surface area contributed by atoms with E-state index < -0.39 is 5.97 Å². The molecule has 1 aromatic heterocycles. The van der Waals surface area contributed by atoms with Gasteiger partial charge in [-0.25, -0.2) is 4.98 Å². The van der Waals surface area contributed by atoms with Gasteiger partial charge in [-0.1, -0.05) is 85.0 Å². The van der Waals surface area contributed by atoms with Crippen LogP contribution in [0.1, 0.15) is 35.4 Å². The molecule has 3 aromatic carbocycles. The van der Waals surface area contributed by atoms with E-state index in [-0.39, 0.29) is 6.42 Å². The summed E-state index contributed by atoms with van der Waals surface area (Å²) in [4.78, 5) is 18.2. The lowest BCUT2D eigenvalue weighted by Crippen LogP contribution is -2.24. The second-order valence-electron chi connectivity index (χ2n) is 10.3. The number of thiazole rings is 1. The van der Waals surface area contributed by atoms with Gasteiger partial charge in [-0.2, -0.15) is 0 Å². The number of ether oxygens (including phenoxy) is 1. The number of nitrogens with zero attached hydrogens (tertiary/aromatic N) is 2. The number of carbonyl (C=O) groups is 1. The number of hydrogen-bond donors (Lipinski definition) is 1. The van der Waals surface area contributed by atoms with Crippen LogP contribution in [0.5, 0.6) is 5.75 Å². The molecule has 4 aromatic rings. The molecule has 5 rings (SSSR count). The van der Waals surface area contributed by atoms with E-state index in [0.29, 0.717) is 13.0 Å². The first-order valence-electron chi connectivity index (χ1n) is 14.4. The predicted molar refractivity (Wildman–Crippen MR) is 172 cm³/mol. The zero-order valence-corrected chi connectivity index (χ0v) is 24.5. The Morgan fingerprint density at radius 1 is 0.905 bits per heavy atom. The molecular weight excluding hydrogens is 540 g/mol. The maximum atomic E-state index is 10.8. The van der Waals surface area contributed by atoms with Crippen LogP contribution in [0.3, 0.4) is 0 Å². The average molecular weight is 577 g/mol. The van der Waals surface area contributed by atoms with Crippen molar-refractivity contribution in [3.05, 3.63) is 136 Å². The molecule has 5 nitrogen and oxygen atoms in total. The summed E-state index contributed by atoms with van der Waals surface area (Å²) in [5.41, 5.74) is 6.91. The van der Waals surface area contributed by atoms with Gasteiger partial charge in [0.15, 0.2) is 0 Å². The summed E-state index contributed by atoms with van der Waals surface area (Å²) in [5, 5.41) is 12.1. The van der Waals surface area contributed by atoms with Crippen molar-refractivity contribution in [3.63, 3.8) is 0 Å². The first kappa shape index (κ1) is 29.1. The lowest BCUT2D eigenvalue weighted by atomic mass is 10.1. The number of aliphatic carboxylic acids is 1. The van der Waals surface area contributed by atoms with Gasteiger partial charge in [0.25, 0.3) is 0 Å². The van der Waals surface area contributed by atoms with Crippen LogP contribution in [0.25, 0.3) is 11.3 Å². The van der Waals surface area contributed by atoms with E-state index >= 15 is 0 Å². The number of benzene rings is 3. The molecule has 42 heavy (non-hydrogen) atoms. The number of anilines is 1. The van der Waals surface area contributed by atoms with Gasteiger partial charge in [-0.15, -0.1) is 11.3 Å². The number of carboxylic acid groups (broad SMARTS) is 1. The van der Waals surface area contributed by atoms with E-state index in [2.05, 4.69) is 89.2 Å². The molecule has 0 radical (unpaired) electrons. The number of hydrogen-bond acceptors (Lipinski definition) is 5. The molecule has 0 spiro atoms. The highest BCUT2D eigenvalue weighted by Gasteiger charge is 2.13. The number of aryl methyl sites for hydroxylation is 1. The van der Waals surface area contributed by atoms with E-state index in [9.17, 15) is 4.79 Å². The Hall–Kier alpha value is -4.42. The minimum Gasteiger partial charge on any atom is -0.493 e. The lowest BCUT2D eigenvalue weighted by Gasteiger charge is -2.24. The molecule has 0 fully saturated rings. The molecule has 0 saturated heterocycles. The van der Waals surface area contributed by atoms with Crippen molar-refractivity contribution in [2.24, 2.45) is 0 Å². The first-order chi connectivity index (χ1) is 20.6. The van der Waals surface area contributed by atoms with Crippen LogP contribution in [-0.2, 0) is 24.2 Å². The molecule has 214 valence electrons. The maximum absolute atomic E-state index is 10.8. The predicted octanol–water partition coefficient (Wildman–Crippen LogP) is 8.29. The minimum absolute atomic E-state index is 0.137. The third kappa shape index (κ3) is 8.79. The van der Waals surface area contributed by atoms with Crippen LogP contribution in [0.15, 0.2) is 120 Å². The summed E-state index contributed by atoms with van der Waals surface area (Å²) in [6, 6.07) is 26.8. The Balaban J connectivity index is 1.21. The Bertz CT molecular complexity index is 1520. The molecule has 1 aliphatic rings. The van der Waals surface area contributed by atoms with Crippen molar-refractivity contribution in [3.8, 4) is 17.0 Å². The molecule has 0 unspecified atom stereocenters. The van der Waals surface area contributed by atoms with Crippen molar-refractivity contribution in [2.75, 3.05) is 18.1 Å². The van der Waals surface area contributed by atoms with E-state index in [1.54, 1.807) is 11.3 Å². The van der Waals surface area contributed by atoms with E-state index in [4.69, 9.17) is 14.8 Å². The molecular formula is C36H36N2O3S. The van der Waals surface area contributed by atoms with Gasteiger partial charge in [0.05, 0.1) is 18.8 Å². The second kappa shape index (κ2) is 15.0. The van der Waals surface area contributed by atoms with Gasteiger partial charge >= 0.3 is 5.97 Å². The molecule has 1 aliphatic carbocycles. The summed E-state index contributed by atoms with van der Waals surface area (Å²) >= 11 is 1.71. The third-order valence-electron chi connectivity index (χ3n) is 7.18. The highest BCUT2D eigenvalue weighted by Crippen LogP contribution is 2.26. The fourth-order valence-corrected chi connectivity index (χ4v) is 5.62. The van der Waals surface area contributed by atoms with E-state index in [1.807, 2.05) is 30.3 Å². The zero-order valence-electron chi connectivity index (χ0n) is 23.7. The van der Waals surface area contributed by atoms with Crippen molar-refractivity contribution < 1.29 is 14.6 Å². The SMILES string of the molecule is O=C(O)CCc1ccc(OCCc2ccc(N(CCC3=CC=CCC=C3)Cc3nc(-c4ccccc4)cs3)cc2)cc1. The number of rotatable bonds is 14. The lowest BCUT2D eigenvalue weighted by molar-refractivity contribution is -0.136. The number of carboxylic acids is 1. The average Bonchev–Trinajstić information content (AvgIpc) is 3.33. The van der Waals surface area contributed by atoms with Gasteiger partial charge in [0.1, 0.15) is 10.8 Å². The van der Waals surface area contributed by atoms with E-state index in [0.717, 1.165) is 59.9 Å². The van der Waals surface area contributed by atoms with Crippen LogP contribution in [0, 0.1) is 0 Å². The molecule has 0 aliphatic heterocycles. The second-order valence-corrected chi connectivity index (χ2v) is 11.2. The topological polar surface area (TPSA) is 62.7 Å². The molecule has 1 N–H and O–H groups in total. The smallest absolute Gasteiger partial charge is 0.303 e. The normalized spacial score (nSPS) is 12.5. The summed E-state index contributed by atoms with van der Waals surface area (Å²) < 4.78 is 5.95. The van der Waals surface area contributed by atoms with Crippen LogP contribution >= 0.6 is 11.3 Å². The van der Waals surface area contributed by atoms with E-state index in [1.165, 1.54) is 16.8 Å². The van der Waals surface area contributed by atoms with Crippen molar-refractivity contribution in [1.29, 1.82) is 0 Å². The van der Waals surface area contributed by atoms with Crippen LogP contribution in [-0.4, -0.2) is 29.2 Å². The summed E-state index contributed by atoms with van der Waals surface area (Å²) in [6.07, 6.45) is 14.4.